The molecule has 0 saturated heterocycles. The Labute approximate surface area is 96.0 Å². The molecule has 0 aromatic carbocycles. The van der Waals surface area contributed by atoms with Crippen molar-refractivity contribution >= 4 is 11.7 Å². The van der Waals surface area contributed by atoms with E-state index in [1.807, 2.05) is 6.08 Å². The lowest BCUT2D eigenvalue weighted by Crippen LogP contribution is -2.34. The third-order valence-corrected chi connectivity index (χ3v) is 2.60. The summed E-state index contributed by atoms with van der Waals surface area (Å²) in [6.45, 7) is 2.12. The van der Waals surface area contributed by atoms with E-state index in [9.17, 15) is 4.79 Å². The lowest BCUT2D eigenvalue weighted by molar-refractivity contribution is 0.222. The zero-order valence-corrected chi connectivity index (χ0v) is 9.74. The molecule has 5 heteroatoms. The van der Waals surface area contributed by atoms with Crippen LogP contribution in [0.5, 0.6) is 0 Å². The van der Waals surface area contributed by atoms with Crippen molar-refractivity contribution in [1.29, 1.82) is 0 Å². The van der Waals surface area contributed by atoms with Crippen LogP contribution in [0.1, 0.15) is 19.7 Å². The van der Waals surface area contributed by atoms with Gasteiger partial charge < -0.3 is 15.2 Å². The average molecular weight is 222 g/mol. The zero-order chi connectivity index (χ0) is 11.7. The van der Waals surface area contributed by atoms with E-state index in [1.54, 1.807) is 20.4 Å². The van der Waals surface area contributed by atoms with E-state index >= 15 is 0 Å². The summed E-state index contributed by atoms with van der Waals surface area (Å²) in [6.07, 6.45) is 4.65. The van der Waals surface area contributed by atoms with Crippen molar-refractivity contribution in [1.82, 2.24) is 20.2 Å². The molecular weight excluding hydrogens is 204 g/mol. The number of nitrogens with one attached hydrogen (secondary N) is 2. The van der Waals surface area contributed by atoms with Gasteiger partial charge in [0, 0.05) is 21.2 Å². The summed E-state index contributed by atoms with van der Waals surface area (Å²) in [5, 5.41) is 2.86. The second-order valence-electron chi connectivity index (χ2n) is 4.32. The van der Waals surface area contributed by atoms with Crippen LogP contribution in [0.15, 0.2) is 12.4 Å². The topological polar surface area (TPSA) is 61.0 Å². The number of nitrogens with zero attached hydrogens (tertiary/aromatic N) is 2. The smallest absolute Gasteiger partial charge is 0.321 e. The van der Waals surface area contributed by atoms with E-state index in [2.05, 4.69) is 22.2 Å². The van der Waals surface area contributed by atoms with Crippen molar-refractivity contribution in [3.05, 3.63) is 23.8 Å². The van der Waals surface area contributed by atoms with Gasteiger partial charge in [0.25, 0.3) is 0 Å². The van der Waals surface area contributed by atoms with Crippen LogP contribution in [0.3, 0.4) is 0 Å². The van der Waals surface area contributed by atoms with Gasteiger partial charge in [0.1, 0.15) is 5.69 Å². The lowest BCUT2D eigenvalue weighted by Gasteiger charge is -2.20. The van der Waals surface area contributed by atoms with Crippen LogP contribution in [0.2, 0.25) is 0 Å². The first-order valence-electron chi connectivity index (χ1n) is 5.30. The minimum Gasteiger partial charge on any atom is -0.348 e. The van der Waals surface area contributed by atoms with E-state index < -0.39 is 0 Å². The molecule has 1 atom stereocenters. The standard InChI is InChI=1S/C11H16N4O.H2/c1-7-4-8-10(13-6-12-8)9(5-7)14-11(16)15(2)3;/h5-7H,4H2,1-3H3,(H,12,13)(H,14,16);1H. The normalized spacial score (nSPS) is 18.7. The fourth-order valence-corrected chi connectivity index (χ4v) is 1.78. The highest BCUT2D eigenvalue weighted by atomic mass is 16.2. The van der Waals surface area contributed by atoms with Gasteiger partial charge in [0.15, 0.2) is 0 Å². The Balaban J connectivity index is 0.00000144. The SMILES string of the molecule is CC1C=C(NC(=O)N(C)C)c2nc[nH]c2C1.[HH]. The number of rotatable bonds is 1. The highest BCUT2D eigenvalue weighted by Gasteiger charge is 2.20. The molecule has 0 bridgehead atoms. The number of aromatic amines is 1. The van der Waals surface area contributed by atoms with Gasteiger partial charge in [-0.25, -0.2) is 9.78 Å². The quantitative estimate of drug-likeness (QED) is 0.755. The molecule has 16 heavy (non-hydrogen) atoms. The lowest BCUT2D eigenvalue weighted by atomic mass is 9.96. The summed E-state index contributed by atoms with van der Waals surface area (Å²) in [6, 6.07) is -0.130. The molecule has 5 nitrogen and oxygen atoms in total. The number of carbonyl (C=O) groups excluding carboxylic acids is 1. The molecule has 2 amide bonds. The summed E-state index contributed by atoms with van der Waals surface area (Å²) in [5.74, 6) is 0.408. The van der Waals surface area contributed by atoms with Crippen molar-refractivity contribution in [3.63, 3.8) is 0 Å². The number of fused-ring (bicyclic) bond motifs is 1. The monoisotopic (exact) mass is 222 g/mol. The van der Waals surface area contributed by atoms with Gasteiger partial charge in [-0.05, 0) is 12.3 Å². The van der Waals surface area contributed by atoms with E-state index in [0.717, 1.165) is 23.5 Å². The van der Waals surface area contributed by atoms with Crippen LogP contribution in [0.25, 0.3) is 5.70 Å². The Bertz CT molecular complexity index is 438. The fraction of sp³-hybridized carbons (Fsp3) is 0.455. The van der Waals surface area contributed by atoms with Gasteiger partial charge in [0.2, 0.25) is 0 Å². The number of hydrogen-bond donors (Lipinski definition) is 2. The van der Waals surface area contributed by atoms with Gasteiger partial charge in [-0.3, -0.25) is 0 Å². The number of H-pyrrole nitrogens is 1. The van der Waals surface area contributed by atoms with Crippen molar-refractivity contribution in [2.45, 2.75) is 13.3 Å². The Hall–Kier alpha value is -1.78. The summed E-state index contributed by atoms with van der Waals surface area (Å²) in [4.78, 5) is 20.4. The summed E-state index contributed by atoms with van der Waals surface area (Å²) in [7, 11) is 3.43. The number of amides is 2. The largest absolute Gasteiger partial charge is 0.348 e. The van der Waals surface area contributed by atoms with Crippen molar-refractivity contribution in [2.24, 2.45) is 5.92 Å². The first-order chi connectivity index (χ1) is 7.58. The first kappa shape index (κ1) is 10.7. The molecule has 2 N–H and O–H groups in total. The maximum atomic E-state index is 11.6. The highest BCUT2D eigenvalue weighted by molar-refractivity contribution is 5.85. The molecule has 1 aliphatic carbocycles. The van der Waals surface area contributed by atoms with Gasteiger partial charge >= 0.3 is 6.03 Å². The number of carbonyl (C=O) groups is 1. The molecule has 0 fully saturated rings. The van der Waals surface area contributed by atoms with E-state index in [-0.39, 0.29) is 7.46 Å². The van der Waals surface area contributed by atoms with E-state index in [4.69, 9.17) is 0 Å². The van der Waals surface area contributed by atoms with E-state index in [1.165, 1.54) is 4.90 Å². The predicted octanol–water partition coefficient (Wildman–Crippen LogP) is 1.46. The number of hydrogen-bond acceptors (Lipinski definition) is 2. The average Bonchev–Trinajstić information content (AvgIpc) is 2.65. The van der Waals surface area contributed by atoms with Crippen LogP contribution in [-0.2, 0) is 6.42 Å². The minimum atomic E-state index is -0.130. The maximum Gasteiger partial charge on any atom is 0.321 e. The van der Waals surface area contributed by atoms with Crippen LogP contribution in [-0.4, -0.2) is 35.0 Å². The second-order valence-corrected chi connectivity index (χ2v) is 4.32. The highest BCUT2D eigenvalue weighted by Crippen LogP contribution is 2.24. The molecule has 1 aromatic rings. The number of aromatic nitrogens is 2. The number of urea groups is 1. The Kier molecular flexibility index (Phi) is 2.68. The molecule has 88 valence electrons. The van der Waals surface area contributed by atoms with Crippen LogP contribution in [0.4, 0.5) is 4.79 Å². The third-order valence-electron chi connectivity index (χ3n) is 2.60. The van der Waals surface area contributed by atoms with Crippen molar-refractivity contribution in [3.8, 4) is 0 Å². The van der Waals surface area contributed by atoms with Crippen LogP contribution >= 0.6 is 0 Å². The molecule has 1 aliphatic rings. The van der Waals surface area contributed by atoms with Crippen LogP contribution < -0.4 is 5.32 Å². The Morgan fingerprint density at radius 1 is 1.69 bits per heavy atom. The maximum absolute atomic E-state index is 11.6. The Morgan fingerprint density at radius 3 is 3.12 bits per heavy atom. The summed E-state index contributed by atoms with van der Waals surface area (Å²) >= 11 is 0. The molecule has 0 spiro atoms. The number of imidazole rings is 1. The zero-order valence-electron chi connectivity index (χ0n) is 9.74. The summed E-state index contributed by atoms with van der Waals surface area (Å²) < 4.78 is 0. The summed E-state index contributed by atoms with van der Waals surface area (Å²) in [5.41, 5.74) is 2.74. The molecule has 2 rings (SSSR count). The molecule has 1 heterocycles. The predicted molar refractivity (Wildman–Crippen MR) is 63.8 cm³/mol. The fourth-order valence-electron chi connectivity index (χ4n) is 1.78. The van der Waals surface area contributed by atoms with Gasteiger partial charge in [-0.1, -0.05) is 13.0 Å². The molecule has 1 unspecified atom stereocenters. The van der Waals surface area contributed by atoms with Crippen molar-refractivity contribution < 1.29 is 6.22 Å². The second kappa shape index (κ2) is 4.00. The van der Waals surface area contributed by atoms with Gasteiger partial charge in [0.05, 0.1) is 12.0 Å². The van der Waals surface area contributed by atoms with Crippen LogP contribution in [0, 0.1) is 5.92 Å². The first-order valence-corrected chi connectivity index (χ1v) is 5.30. The van der Waals surface area contributed by atoms with Gasteiger partial charge in [-0.15, -0.1) is 0 Å². The Morgan fingerprint density at radius 2 is 2.44 bits per heavy atom. The molecule has 0 aliphatic heterocycles. The third kappa shape index (κ3) is 1.93. The van der Waals surface area contributed by atoms with Gasteiger partial charge in [-0.2, -0.15) is 0 Å². The molecule has 1 aromatic heterocycles. The van der Waals surface area contributed by atoms with Crippen molar-refractivity contribution in [2.75, 3.05) is 14.1 Å². The van der Waals surface area contributed by atoms with E-state index in [0.29, 0.717) is 5.92 Å². The molecular formula is C11H18N4O. The number of allylic oxidation sites excluding steroid dienone is 1. The minimum absolute atomic E-state index is 0. The molecule has 0 saturated carbocycles. The molecule has 0 radical (unpaired) electrons.